The number of amides is 2. The predicted molar refractivity (Wildman–Crippen MR) is 59.9 cm³/mol. The number of nitrogens with one attached hydrogen (secondary N) is 1. The maximum Gasteiger partial charge on any atom is 0.332 e. The van der Waals surface area contributed by atoms with E-state index in [1.54, 1.807) is 32.4 Å². The number of ether oxygens (including phenoxy) is 2. The van der Waals surface area contributed by atoms with Gasteiger partial charge >= 0.3 is 6.03 Å². The molecule has 0 aliphatic rings. The third-order valence-electron chi connectivity index (χ3n) is 1.76. The number of hydrogen-bond donors (Lipinski definition) is 2. The molecule has 1 aromatic carbocycles. The Morgan fingerprint density at radius 1 is 1.31 bits per heavy atom. The Labute approximate surface area is 93.0 Å². The van der Waals surface area contributed by atoms with Gasteiger partial charge in [-0.3, -0.25) is 0 Å². The quantitative estimate of drug-likeness (QED) is 0.582. The minimum Gasteiger partial charge on any atom is -0.497 e. The van der Waals surface area contributed by atoms with Crippen LogP contribution in [0.4, 0.5) is 4.79 Å². The van der Waals surface area contributed by atoms with Gasteiger partial charge in [0.05, 0.1) is 20.4 Å². The Kier molecular flexibility index (Phi) is 4.14. The SMILES string of the molecule is COc1cc(/C=N/NC(N)=O)cc(OC)c1. The van der Waals surface area contributed by atoms with Crippen molar-refractivity contribution in [2.24, 2.45) is 10.8 Å². The van der Waals surface area contributed by atoms with Crippen LogP contribution in [0.2, 0.25) is 0 Å². The minimum atomic E-state index is -0.717. The molecule has 0 fully saturated rings. The van der Waals surface area contributed by atoms with Crippen LogP contribution in [0.1, 0.15) is 5.56 Å². The zero-order chi connectivity index (χ0) is 12.0. The van der Waals surface area contributed by atoms with Crippen molar-refractivity contribution in [1.29, 1.82) is 0 Å². The van der Waals surface area contributed by atoms with Gasteiger partial charge in [0.2, 0.25) is 0 Å². The highest BCUT2D eigenvalue weighted by Gasteiger charge is 1.99. The summed E-state index contributed by atoms with van der Waals surface area (Å²) in [5.41, 5.74) is 7.68. The molecule has 3 N–H and O–H groups in total. The lowest BCUT2D eigenvalue weighted by Crippen LogP contribution is -2.24. The molecular weight excluding hydrogens is 210 g/mol. The van der Waals surface area contributed by atoms with E-state index in [1.807, 2.05) is 0 Å². The van der Waals surface area contributed by atoms with Crippen molar-refractivity contribution >= 4 is 12.2 Å². The van der Waals surface area contributed by atoms with Gasteiger partial charge in [0.15, 0.2) is 0 Å². The number of urea groups is 1. The van der Waals surface area contributed by atoms with Crippen molar-refractivity contribution in [3.05, 3.63) is 23.8 Å². The second kappa shape index (κ2) is 5.59. The van der Waals surface area contributed by atoms with Gasteiger partial charge in [-0.15, -0.1) is 0 Å². The average Bonchev–Trinajstić information content (AvgIpc) is 2.28. The van der Waals surface area contributed by atoms with E-state index in [4.69, 9.17) is 15.2 Å². The summed E-state index contributed by atoms with van der Waals surface area (Å²) in [6.45, 7) is 0. The molecule has 0 atom stereocenters. The van der Waals surface area contributed by atoms with E-state index in [2.05, 4.69) is 10.5 Å². The number of rotatable bonds is 4. The van der Waals surface area contributed by atoms with Crippen LogP contribution in [0.15, 0.2) is 23.3 Å². The number of hydrazone groups is 1. The largest absolute Gasteiger partial charge is 0.497 e. The fraction of sp³-hybridized carbons (Fsp3) is 0.200. The summed E-state index contributed by atoms with van der Waals surface area (Å²) in [6.07, 6.45) is 1.44. The van der Waals surface area contributed by atoms with Crippen LogP contribution in [0, 0.1) is 0 Å². The van der Waals surface area contributed by atoms with Crippen molar-refractivity contribution < 1.29 is 14.3 Å². The molecule has 0 heterocycles. The van der Waals surface area contributed by atoms with E-state index in [-0.39, 0.29) is 0 Å². The summed E-state index contributed by atoms with van der Waals surface area (Å²) >= 11 is 0. The molecule has 6 nitrogen and oxygen atoms in total. The number of benzene rings is 1. The molecule has 0 saturated carbocycles. The smallest absolute Gasteiger partial charge is 0.332 e. The number of carbonyl (C=O) groups excluding carboxylic acids is 1. The molecule has 0 bridgehead atoms. The van der Waals surface area contributed by atoms with Gasteiger partial charge in [0, 0.05) is 11.6 Å². The predicted octanol–water partition coefficient (Wildman–Crippen LogP) is 0.706. The number of methoxy groups -OCH3 is 2. The molecule has 1 rings (SSSR count). The fourth-order valence-electron chi connectivity index (χ4n) is 1.07. The summed E-state index contributed by atoms with van der Waals surface area (Å²) < 4.78 is 10.1. The lowest BCUT2D eigenvalue weighted by molar-refractivity contribution is 0.249. The molecule has 0 aromatic heterocycles. The summed E-state index contributed by atoms with van der Waals surface area (Å²) in [4.78, 5) is 10.4. The maximum absolute atomic E-state index is 10.4. The van der Waals surface area contributed by atoms with Gasteiger partial charge in [-0.05, 0) is 12.1 Å². The van der Waals surface area contributed by atoms with Gasteiger partial charge in [-0.1, -0.05) is 0 Å². The molecule has 6 heteroatoms. The molecule has 0 aliphatic carbocycles. The van der Waals surface area contributed by atoms with E-state index in [9.17, 15) is 4.79 Å². The third kappa shape index (κ3) is 3.49. The van der Waals surface area contributed by atoms with Gasteiger partial charge in [-0.2, -0.15) is 5.10 Å². The van der Waals surface area contributed by atoms with Crippen LogP contribution in [-0.4, -0.2) is 26.5 Å². The summed E-state index contributed by atoms with van der Waals surface area (Å²) in [5, 5.41) is 3.63. The van der Waals surface area contributed by atoms with Crippen LogP contribution in [0.3, 0.4) is 0 Å². The number of carbonyl (C=O) groups is 1. The van der Waals surface area contributed by atoms with Gasteiger partial charge in [0.25, 0.3) is 0 Å². The number of primary amides is 1. The van der Waals surface area contributed by atoms with Crippen LogP contribution in [0.5, 0.6) is 11.5 Å². The molecular formula is C10H13N3O3. The first kappa shape index (κ1) is 11.8. The van der Waals surface area contributed by atoms with Crippen molar-refractivity contribution in [2.75, 3.05) is 14.2 Å². The zero-order valence-electron chi connectivity index (χ0n) is 9.06. The topological polar surface area (TPSA) is 85.9 Å². The third-order valence-corrected chi connectivity index (χ3v) is 1.76. The molecule has 16 heavy (non-hydrogen) atoms. The van der Waals surface area contributed by atoms with E-state index < -0.39 is 6.03 Å². The molecule has 1 aromatic rings. The van der Waals surface area contributed by atoms with E-state index in [0.717, 1.165) is 5.56 Å². The second-order valence-corrected chi connectivity index (χ2v) is 2.88. The van der Waals surface area contributed by atoms with Crippen molar-refractivity contribution in [3.63, 3.8) is 0 Å². The first-order chi connectivity index (χ1) is 7.65. The molecule has 2 amide bonds. The first-order valence-electron chi connectivity index (χ1n) is 4.47. The molecule has 0 saturated heterocycles. The van der Waals surface area contributed by atoms with Crippen LogP contribution in [0.25, 0.3) is 0 Å². The Balaban J connectivity index is 2.86. The van der Waals surface area contributed by atoms with Crippen molar-refractivity contribution in [2.45, 2.75) is 0 Å². The molecule has 0 radical (unpaired) electrons. The second-order valence-electron chi connectivity index (χ2n) is 2.88. The van der Waals surface area contributed by atoms with E-state index >= 15 is 0 Å². The highest BCUT2D eigenvalue weighted by Crippen LogP contribution is 2.21. The fourth-order valence-corrected chi connectivity index (χ4v) is 1.07. The zero-order valence-corrected chi connectivity index (χ0v) is 9.06. The monoisotopic (exact) mass is 223 g/mol. The average molecular weight is 223 g/mol. The highest BCUT2D eigenvalue weighted by atomic mass is 16.5. The lowest BCUT2D eigenvalue weighted by Gasteiger charge is -2.05. The van der Waals surface area contributed by atoms with Crippen LogP contribution < -0.4 is 20.6 Å². The summed E-state index contributed by atoms with van der Waals surface area (Å²) in [5.74, 6) is 1.28. The number of nitrogens with two attached hydrogens (primary N) is 1. The lowest BCUT2D eigenvalue weighted by atomic mass is 10.2. The normalized spacial score (nSPS) is 10.1. The minimum absolute atomic E-state index is 0.639. The van der Waals surface area contributed by atoms with E-state index in [0.29, 0.717) is 11.5 Å². The Bertz CT molecular complexity index is 382. The van der Waals surface area contributed by atoms with Crippen molar-refractivity contribution in [3.8, 4) is 11.5 Å². The Morgan fingerprint density at radius 3 is 2.31 bits per heavy atom. The van der Waals surface area contributed by atoms with Crippen LogP contribution >= 0.6 is 0 Å². The van der Waals surface area contributed by atoms with Crippen molar-refractivity contribution in [1.82, 2.24) is 5.43 Å². The highest BCUT2D eigenvalue weighted by molar-refractivity contribution is 5.82. The Morgan fingerprint density at radius 2 is 1.88 bits per heavy atom. The standard InChI is InChI=1S/C10H13N3O3/c1-15-8-3-7(4-9(5-8)16-2)6-12-13-10(11)14/h3-6H,1-2H3,(H3,11,13,14)/b12-6+. The molecule has 0 aliphatic heterocycles. The van der Waals surface area contributed by atoms with Gasteiger partial charge in [-0.25, -0.2) is 10.2 Å². The molecule has 0 spiro atoms. The number of hydrogen-bond acceptors (Lipinski definition) is 4. The van der Waals surface area contributed by atoms with E-state index in [1.165, 1.54) is 6.21 Å². The Hall–Kier alpha value is -2.24. The molecule has 0 unspecified atom stereocenters. The van der Waals surface area contributed by atoms with Crippen LogP contribution in [-0.2, 0) is 0 Å². The van der Waals surface area contributed by atoms with Gasteiger partial charge in [0.1, 0.15) is 11.5 Å². The molecule has 86 valence electrons. The maximum atomic E-state index is 10.4. The van der Waals surface area contributed by atoms with Gasteiger partial charge < -0.3 is 15.2 Å². The summed E-state index contributed by atoms with van der Waals surface area (Å²) in [6, 6.07) is 4.51. The number of nitrogens with zero attached hydrogens (tertiary/aromatic N) is 1. The summed E-state index contributed by atoms with van der Waals surface area (Å²) in [7, 11) is 3.11. The first-order valence-corrected chi connectivity index (χ1v) is 4.47.